The smallest absolute Gasteiger partial charge is 0.196 e. The highest BCUT2D eigenvalue weighted by atomic mass is 19.1. The molecule has 0 bridgehead atoms. The second-order valence-electron chi connectivity index (χ2n) is 3.33. The Hall–Kier alpha value is -2.30. The topological polar surface area (TPSA) is 52.1 Å². The van der Waals surface area contributed by atoms with Crippen LogP contribution in [0.25, 0.3) is 0 Å². The van der Waals surface area contributed by atoms with Crippen LogP contribution in [0.2, 0.25) is 0 Å². The normalized spacial score (nSPS) is 10.0. The first kappa shape index (κ1) is 11.2. The highest BCUT2D eigenvalue weighted by Crippen LogP contribution is 2.14. The number of methoxy groups -OCH3 is 1. The van der Waals surface area contributed by atoms with Gasteiger partial charge in [-0.25, -0.2) is 4.39 Å². The highest BCUT2D eigenvalue weighted by Gasteiger charge is 2.11. The third kappa shape index (κ3) is 2.44. The number of hydrogen-bond donors (Lipinski definition) is 0. The quantitative estimate of drug-likeness (QED) is 0.758. The maximum Gasteiger partial charge on any atom is 0.196 e. The van der Waals surface area contributed by atoms with Gasteiger partial charge in [0.2, 0.25) is 0 Å². The molecule has 17 heavy (non-hydrogen) atoms. The van der Waals surface area contributed by atoms with Crippen LogP contribution < -0.4 is 4.74 Å². The van der Waals surface area contributed by atoms with Gasteiger partial charge in [-0.05, 0) is 12.1 Å². The summed E-state index contributed by atoms with van der Waals surface area (Å²) in [6.07, 6.45) is 5.24. The van der Waals surface area contributed by atoms with E-state index in [-0.39, 0.29) is 11.3 Å². The number of pyridine rings is 2. The second kappa shape index (κ2) is 4.69. The maximum absolute atomic E-state index is 12.9. The predicted octanol–water partition coefficient (Wildman–Crippen LogP) is 1.86. The van der Waals surface area contributed by atoms with E-state index in [9.17, 15) is 9.18 Å². The molecule has 86 valence electrons. The largest absolute Gasteiger partial charge is 0.495 e. The van der Waals surface area contributed by atoms with Gasteiger partial charge >= 0.3 is 0 Å². The van der Waals surface area contributed by atoms with E-state index in [0.29, 0.717) is 11.3 Å². The summed E-state index contributed by atoms with van der Waals surface area (Å²) in [6, 6.07) is 2.68. The van der Waals surface area contributed by atoms with Gasteiger partial charge in [0.15, 0.2) is 5.78 Å². The van der Waals surface area contributed by atoms with Gasteiger partial charge in [0.05, 0.1) is 19.5 Å². The molecule has 4 nitrogen and oxygen atoms in total. The molecule has 0 aliphatic heterocycles. The van der Waals surface area contributed by atoms with Gasteiger partial charge in [0.25, 0.3) is 0 Å². The third-order valence-corrected chi connectivity index (χ3v) is 2.18. The average molecular weight is 232 g/mol. The fourth-order valence-electron chi connectivity index (χ4n) is 1.36. The van der Waals surface area contributed by atoms with E-state index in [1.165, 1.54) is 25.7 Å². The van der Waals surface area contributed by atoms with Gasteiger partial charge in [0, 0.05) is 23.5 Å². The van der Waals surface area contributed by atoms with Crippen molar-refractivity contribution in [2.75, 3.05) is 7.11 Å². The van der Waals surface area contributed by atoms with Crippen LogP contribution >= 0.6 is 0 Å². The number of ether oxygens (including phenoxy) is 1. The molecule has 0 unspecified atom stereocenters. The number of ketones is 1. The summed E-state index contributed by atoms with van der Waals surface area (Å²) in [6.45, 7) is 0. The molecule has 0 saturated heterocycles. The van der Waals surface area contributed by atoms with Gasteiger partial charge in [-0.15, -0.1) is 0 Å². The lowest BCUT2D eigenvalue weighted by Crippen LogP contribution is -2.03. The summed E-state index contributed by atoms with van der Waals surface area (Å²) in [5, 5.41) is 0. The van der Waals surface area contributed by atoms with Crippen LogP contribution in [0.1, 0.15) is 15.9 Å². The molecule has 2 aromatic heterocycles. The Kier molecular flexibility index (Phi) is 3.09. The Morgan fingerprint density at radius 2 is 1.76 bits per heavy atom. The first-order valence-electron chi connectivity index (χ1n) is 4.85. The van der Waals surface area contributed by atoms with Crippen molar-refractivity contribution in [3.63, 3.8) is 0 Å². The van der Waals surface area contributed by atoms with Gasteiger partial charge < -0.3 is 4.74 Å². The van der Waals surface area contributed by atoms with Crippen LogP contribution in [0.15, 0.2) is 36.9 Å². The van der Waals surface area contributed by atoms with Crippen LogP contribution in [0.4, 0.5) is 4.39 Å². The number of rotatable bonds is 3. The zero-order valence-corrected chi connectivity index (χ0v) is 9.05. The zero-order valence-electron chi connectivity index (χ0n) is 9.05. The zero-order chi connectivity index (χ0) is 12.3. The second-order valence-corrected chi connectivity index (χ2v) is 3.33. The van der Waals surface area contributed by atoms with Crippen LogP contribution in [0.3, 0.4) is 0 Å². The summed E-state index contributed by atoms with van der Waals surface area (Å²) in [4.78, 5) is 19.5. The van der Waals surface area contributed by atoms with Crippen molar-refractivity contribution in [3.05, 3.63) is 53.9 Å². The Balaban J connectivity index is 2.36. The van der Waals surface area contributed by atoms with E-state index in [1.54, 1.807) is 6.07 Å². The highest BCUT2D eigenvalue weighted by molar-refractivity contribution is 6.08. The molecule has 5 heteroatoms. The van der Waals surface area contributed by atoms with E-state index in [2.05, 4.69) is 9.97 Å². The molecule has 0 aromatic carbocycles. The van der Waals surface area contributed by atoms with Gasteiger partial charge in [-0.3, -0.25) is 14.8 Å². The molecule has 0 saturated carbocycles. The fraction of sp³-hybridized carbons (Fsp3) is 0.0833. The number of carbonyl (C=O) groups is 1. The molecule has 2 rings (SSSR count). The molecule has 0 radical (unpaired) electrons. The summed E-state index contributed by atoms with van der Waals surface area (Å²) in [5.74, 6) is -0.421. The van der Waals surface area contributed by atoms with Crippen molar-refractivity contribution in [2.24, 2.45) is 0 Å². The number of nitrogens with zero attached hydrogens (tertiary/aromatic N) is 2. The lowest BCUT2D eigenvalue weighted by atomic mass is 10.1. The molecule has 0 atom stereocenters. The van der Waals surface area contributed by atoms with Gasteiger partial charge in [-0.2, -0.15) is 0 Å². The lowest BCUT2D eigenvalue weighted by Gasteiger charge is -2.03. The van der Waals surface area contributed by atoms with Crippen molar-refractivity contribution in [1.29, 1.82) is 0 Å². The summed E-state index contributed by atoms with van der Waals surface area (Å²) in [5.41, 5.74) is 0.511. The first-order chi connectivity index (χ1) is 8.20. The molecule has 0 N–H and O–H groups in total. The Morgan fingerprint density at radius 1 is 1.12 bits per heavy atom. The van der Waals surface area contributed by atoms with E-state index in [4.69, 9.17) is 4.74 Å². The van der Waals surface area contributed by atoms with Crippen molar-refractivity contribution in [2.45, 2.75) is 0 Å². The Morgan fingerprint density at radius 3 is 2.41 bits per heavy atom. The Labute approximate surface area is 97.1 Å². The molecule has 2 aromatic rings. The molecular weight excluding hydrogens is 223 g/mol. The van der Waals surface area contributed by atoms with Crippen LogP contribution in [-0.2, 0) is 0 Å². The van der Waals surface area contributed by atoms with Crippen molar-refractivity contribution in [3.8, 4) is 5.75 Å². The minimum atomic E-state index is -0.549. The molecule has 0 aliphatic carbocycles. The summed E-state index contributed by atoms with van der Waals surface area (Å²) < 4.78 is 17.9. The number of carbonyl (C=O) groups excluding carboxylic acids is 1. The fourth-order valence-corrected chi connectivity index (χ4v) is 1.36. The standard InChI is InChI=1S/C12H9FN2O2/c1-17-11-3-9(5-15-7-11)12(16)8-2-10(13)6-14-4-8/h2-7H,1H3. The van der Waals surface area contributed by atoms with Crippen molar-refractivity contribution < 1.29 is 13.9 Å². The summed E-state index contributed by atoms with van der Waals surface area (Å²) in [7, 11) is 1.48. The molecule has 0 amide bonds. The van der Waals surface area contributed by atoms with E-state index < -0.39 is 5.82 Å². The van der Waals surface area contributed by atoms with E-state index in [0.717, 1.165) is 12.3 Å². The van der Waals surface area contributed by atoms with Crippen LogP contribution in [0.5, 0.6) is 5.75 Å². The number of halogens is 1. The molecule has 2 heterocycles. The van der Waals surface area contributed by atoms with Gasteiger partial charge in [0.1, 0.15) is 11.6 Å². The predicted molar refractivity (Wildman–Crippen MR) is 58.4 cm³/mol. The Bertz CT molecular complexity index is 558. The van der Waals surface area contributed by atoms with Gasteiger partial charge in [-0.1, -0.05) is 0 Å². The lowest BCUT2D eigenvalue weighted by molar-refractivity contribution is 0.103. The molecular formula is C12H9FN2O2. The summed E-state index contributed by atoms with van der Waals surface area (Å²) >= 11 is 0. The van der Waals surface area contributed by atoms with Crippen molar-refractivity contribution >= 4 is 5.78 Å². The number of hydrogen-bond acceptors (Lipinski definition) is 4. The maximum atomic E-state index is 12.9. The van der Waals surface area contributed by atoms with E-state index >= 15 is 0 Å². The average Bonchev–Trinajstić information content (AvgIpc) is 2.38. The first-order valence-corrected chi connectivity index (χ1v) is 4.85. The van der Waals surface area contributed by atoms with E-state index in [1.807, 2.05) is 0 Å². The third-order valence-electron chi connectivity index (χ3n) is 2.18. The SMILES string of the molecule is COc1cncc(C(=O)c2cncc(F)c2)c1. The monoisotopic (exact) mass is 232 g/mol. The minimum Gasteiger partial charge on any atom is -0.495 e. The minimum absolute atomic E-state index is 0.181. The van der Waals surface area contributed by atoms with Crippen LogP contribution in [0, 0.1) is 5.82 Å². The van der Waals surface area contributed by atoms with Crippen molar-refractivity contribution in [1.82, 2.24) is 9.97 Å². The number of aromatic nitrogens is 2. The van der Waals surface area contributed by atoms with Crippen LogP contribution in [-0.4, -0.2) is 22.9 Å². The molecule has 0 fully saturated rings. The molecule has 0 aliphatic rings. The molecule has 0 spiro atoms.